The Labute approximate surface area is 164 Å². The predicted molar refractivity (Wildman–Crippen MR) is 104 cm³/mol. The van der Waals surface area contributed by atoms with Gasteiger partial charge >= 0.3 is 5.69 Å². The predicted octanol–water partition coefficient (Wildman–Crippen LogP) is 4.39. The molecule has 0 unspecified atom stereocenters. The molecule has 0 bridgehead atoms. The van der Waals surface area contributed by atoms with Crippen LogP contribution in [0, 0.1) is 15.9 Å². The van der Waals surface area contributed by atoms with Crippen molar-refractivity contribution in [1.82, 2.24) is 15.0 Å². The molecular weight excluding hydrogens is 377 g/mol. The van der Waals surface area contributed by atoms with Crippen molar-refractivity contribution < 1.29 is 14.1 Å². The average molecular weight is 391 g/mol. The van der Waals surface area contributed by atoms with Crippen molar-refractivity contribution in [3.05, 3.63) is 88.7 Å². The van der Waals surface area contributed by atoms with E-state index in [-0.39, 0.29) is 5.52 Å². The van der Waals surface area contributed by atoms with E-state index in [1.54, 1.807) is 30.5 Å². The highest BCUT2D eigenvalue weighted by atomic mass is 19.1. The van der Waals surface area contributed by atoms with Crippen molar-refractivity contribution >= 4 is 28.1 Å². The lowest BCUT2D eigenvalue weighted by atomic mass is 10.2. The van der Waals surface area contributed by atoms with Crippen LogP contribution < -0.4 is 10.1 Å². The molecule has 0 aliphatic rings. The Balaban J connectivity index is 1.54. The van der Waals surface area contributed by atoms with Gasteiger partial charge in [0.05, 0.1) is 21.5 Å². The molecule has 9 heteroatoms. The third-order valence-corrected chi connectivity index (χ3v) is 4.13. The van der Waals surface area contributed by atoms with Gasteiger partial charge in [0.25, 0.3) is 0 Å². The van der Waals surface area contributed by atoms with Crippen molar-refractivity contribution in [2.45, 2.75) is 6.61 Å². The molecule has 2 aromatic carbocycles. The van der Waals surface area contributed by atoms with E-state index < -0.39 is 16.4 Å². The second-order valence-electron chi connectivity index (χ2n) is 6.06. The molecule has 29 heavy (non-hydrogen) atoms. The monoisotopic (exact) mass is 391 g/mol. The van der Waals surface area contributed by atoms with Crippen molar-refractivity contribution in [3.8, 4) is 5.75 Å². The topological polar surface area (TPSA) is 103 Å². The van der Waals surface area contributed by atoms with Gasteiger partial charge in [-0.05, 0) is 36.4 Å². The summed E-state index contributed by atoms with van der Waals surface area (Å²) in [5.41, 5.74) is 1.13. The zero-order valence-corrected chi connectivity index (χ0v) is 14.9. The zero-order chi connectivity index (χ0) is 20.2. The van der Waals surface area contributed by atoms with Crippen LogP contribution in [0.4, 0.5) is 21.6 Å². The number of rotatable bonds is 6. The van der Waals surface area contributed by atoms with E-state index in [1.165, 1.54) is 6.33 Å². The molecule has 2 heterocycles. The van der Waals surface area contributed by atoms with Crippen molar-refractivity contribution in [2.24, 2.45) is 0 Å². The first-order chi connectivity index (χ1) is 14.1. The molecular formula is C20H14FN5O3. The van der Waals surface area contributed by atoms with Crippen molar-refractivity contribution in [3.63, 3.8) is 0 Å². The van der Waals surface area contributed by atoms with Gasteiger partial charge in [-0.25, -0.2) is 9.97 Å². The summed E-state index contributed by atoms with van der Waals surface area (Å²) in [6.07, 6.45) is 2.97. The molecule has 4 aromatic rings. The Kier molecular flexibility index (Phi) is 4.93. The van der Waals surface area contributed by atoms with Crippen LogP contribution in [0.25, 0.3) is 10.9 Å². The molecule has 0 radical (unpaired) electrons. The highest BCUT2D eigenvalue weighted by molar-refractivity contribution is 5.92. The number of halogens is 1. The van der Waals surface area contributed by atoms with Crippen LogP contribution in [0.3, 0.4) is 0 Å². The quantitative estimate of drug-likeness (QED) is 0.384. The van der Waals surface area contributed by atoms with Crippen LogP contribution in [0.5, 0.6) is 5.75 Å². The maximum absolute atomic E-state index is 13.8. The fraction of sp³-hybridized carbons (Fsp3) is 0.0500. The van der Waals surface area contributed by atoms with Crippen LogP contribution in [-0.4, -0.2) is 19.9 Å². The number of nitrogens with one attached hydrogen (secondary N) is 1. The Hall–Kier alpha value is -4.14. The van der Waals surface area contributed by atoms with E-state index in [0.29, 0.717) is 29.2 Å². The Morgan fingerprint density at radius 2 is 1.90 bits per heavy atom. The smallest absolute Gasteiger partial charge is 0.305 e. The van der Waals surface area contributed by atoms with Gasteiger partial charge in [-0.2, -0.15) is 4.39 Å². The van der Waals surface area contributed by atoms with Crippen LogP contribution in [0.15, 0.2) is 67.1 Å². The molecule has 2 aromatic heterocycles. The van der Waals surface area contributed by atoms with Gasteiger partial charge in [-0.15, -0.1) is 0 Å². The standard InChI is InChI=1S/C20H14FN5O3/c21-17-10-18-16(9-19(17)26(27)28)20(24-12-23-18)25-13-4-6-15(7-5-13)29-11-14-3-1-2-8-22-14/h1-10,12H,11H2,(H,23,24,25). The number of nitro benzene ring substituents is 1. The lowest BCUT2D eigenvalue weighted by Crippen LogP contribution is -1.99. The second kappa shape index (κ2) is 7.85. The third kappa shape index (κ3) is 4.08. The zero-order valence-electron chi connectivity index (χ0n) is 14.9. The van der Waals surface area contributed by atoms with Crippen LogP contribution in [0.2, 0.25) is 0 Å². The average Bonchev–Trinajstić information content (AvgIpc) is 2.73. The number of nitrogens with zero attached hydrogens (tertiary/aromatic N) is 4. The number of hydrogen-bond donors (Lipinski definition) is 1. The number of aromatic nitrogens is 3. The van der Waals surface area contributed by atoms with Crippen molar-refractivity contribution in [2.75, 3.05) is 5.32 Å². The Bertz CT molecular complexity index is 1170. The maximum Gasteiger partial charge on any atom is 0.305 e. The number of anilines is 2. The number of ether oxygens (including phenoxy) is 1. The van der Waals surface area contributed by atoms with Gasteiger partial charge < -0.3 is 10.1 Å². The van der Waals surface area contributed by atoms with E-state index in [4.69, 9.17) is 4.74 Å². The van der Waals surface area contributed by atoms with Crippen LogP contribution in [0.1, 0.15) is 5.69 Å². The minimum absolute atomic E-state index is 0.265. The van der Waals surface area contributed by atoms with Gasteiger partial charge in [0.15, 0.2) is 0 Å². The normalized spacial score (nSPS) is 10.7. The van der Waals surface area contributed by atoms with E-state index in [1.807, 2.05) is 18.2 Å². The first-order valence-electron chi connectivity index (χ1n) is 8.58. The first kappa shape index (κ1) is 18.2. The summed E-state index contributed by atoms with van der Waals surface area (Å²) in [5, 5.41) is 14.4. The van der Waals surface area contributed by atoms with Gasteiger partial charge in [0, 0.05) is 24.0 Å². The molecule has 0 aliphatic carbocycles. The maximum atomic E-state index is 13.8. The molecule has 0 saturated carbocycles. The summed E-state index contributed by atoms with van der Waals surface area (Å²) in [6.45, 7) is 0.347. The molecule has 0 spiro atoms. The summed E-state index contributed by atoms with van der Waals surface area (Å²) in [6, 6.07) is 14.8. The molecule has 8 nitrogen and oxygen atoms in total. The lowest BCUT2D eigenvalue weighted by Gasteiger charge is -2.10. The van der Waals surface area contributed by atoms with Gasteiger partial charge in [-0.3, -0.25) is 15.1 Å². The molecule has 0 aliphatic heterocycles. The lowest BCUT2D eigenvalue weighted by molar-refractivity contribution is -0.387. The molecule has 0 amide bonds. The minimum Gasteiger partial charge on any atom is -0.487 e. The molecule has 0 atom stereocenters. The largest absolute Gasteiger partial charge is 0.487 e. The third-order valence-electron chi connectivity index (χ3n) is 4.13. The molecule has 0 fully saturated rings. The highest BCUT2D eigenvalue weighted by Gasteiger charge is 2.17. The first-order valence-corrected chi connectivity index (χ1v) is 8.58. The Morgan fingerprint density at radius 1 is 1.07 bits per heavy atom. The summed E-state index contributed by atoms with van der Waals surface area (Å²) in [4.78, 5) is 22.5. The van der Waals surface area contributed by atoms with Gasteiger partial charge in [0.2, 0.25) is 5.82 Å². The second-order valence-corrected chi connectivity index (χ2v) is 6.06. The van der Waals surface area contributed by atoms with Crippen LogP contribution in [-0.2, 0) is 6.61 Å². The van der Waals surface area contributed by atoms with E-state index in [2.05, 4.69) is 20.3 Å². The SMILES string of the molecule is O=[N+]([O-])c1cc2c(Nc3ccc(OCc4ccccn4)cc3)ncnc2cc1F. The molecule has 144 valence electrons. The number of benzene rings is 2. The molecule has 0 saturated heterocycles. The highest BCUT2D eigenvalue weighted by Crippen LogP contribution is 2.29. The van der Waals surface area contributed by atoms with E-state index in [9.17, 15) is 14.5 Å². The fourth-order valence-corrected chi connectivity index (χ4v) is 2.72. The Morgan fingerprint density at radius 3 is 2.62 bits per heavy atom. The summed E-state index contributed by atoms with van der Waals surface area (Å²) < 4.78 is 19.5. The number of pyridine rings is 1. The summed E-state index contributed by atoms with van der Waals surface area (Å²) >= 11 is 0. The molecule has 4 rings (SSSR count). The number of fused-ring (bicyclic) bond motifs is 1. The van der Waals surface area contributed by atoms with Gasteiger partial charge in [-0.1, -0.05) is 6.07 Å². The summed E-state index contributed by atoms with van der Waals surface area (Å²) in [7, 11) is 0. The summed E-state index contributed by atoms with van der Waals surface area (Å²) in [5.74, 6) is 0.0493. The minimum atomic E-state index is -0.943. The van der Waals surface area contributed by atoms with Crippen LogP contribution >= 0.6 is 0 Å². The molecule has 1 N–H and O–H groups in total. The van der Waals surface area contributed by atoms with Crippen molar-refractivity contribution in [1.29, 1.82) is 0 Å². The van der Waals surface area contributed by atoms with E-state index in [0.717, 1.165) is 17.8 Å². The van der Waals surface area contributed by atoms with Gasteiger partial charge in [0.1, 0.15) is 24.5 Å². The van der Waals surface area contributed by atoms with E-state index >= 15 is 0 Å². The fourth-order valence-electron chi connectivity index (χ4n) is 2.72. The number of hydrogen-bond acceptors (Lipinski definition) is 7. The number of nitro groups is 1.